The number of carbonyl (C=O) groups is 2. The summed E-state index contributed by atoms with van der Waals surface area (Å²) in [6.07, 6.45) is -0.645. The molecule has 1 fully saturated rings. The summed E-state index contributed by atoms with van der Waals surface area (Å²) in [4.78, 5) is 43.7. The molecule has 5 aromatic rings. The third-order valence-electron chi connectivity index (χ3n) is 7.76. The number of aliphatic hydroxyl groups is 1. The Labute approximate surface area is 273 Å². The molecule has 2 heterocycles. The summed E-state index contributed by atoms with van der Waals surface area (Å²) < 4.78 is 1.21. The Hall–Kier alpha value is -3.96. The second kappa shape index (κ2) is 14.0. The van der Waals surface area contributed by atoms with Gasteiger partial charge in [0.1, 0.15) is 5.52 Å². The summed E-state index contributed by atoms with van der Waals surface area (Å²) in [6.45, 7) is 0.0349. The molecule has 228 valence electrons. The molecule has 0 aliphatic carbocycles. The fourth-order valence-corrected chi connectivity index (χ4v) is 7.32. The van der Waals surface area contributed by atoms with E-state index in [-0.39, 0.29) is 29.8 Å². The van der Waals surface area contributed by atoms with Gasteiger partial charge in [0.05, 0.1) is 23.4 Å². The summed E-state index contributed by atoms with van der Waals surface area (Å²) in [5.41, 5.74) is 1.69. The number of carbonyl (C=O) groups excluding carboxylic acids is 2. The van der Waals surface area contributed by atoms with Crippen LogP contribution in [0.25, 0.3) is 10.9 Å². The van der Waals surface area contributed by atoms with Gasteiger partial charge < -0.3 is 5.11 Å². The van der Waals surface area contributed by atoms with Crippen LogP contribution in [0.3, 0.4) is 0 Å². The first kappa shape index (κ1) is 31.0. The number of amides is 2. The molecule has 6 rings (SSSR count). The molecule has 0 bridgehead atoms. The van der Waals surface area contributed by atoms with Gasteiger partial charge in [0.25, 0.3) is 10.8 Å². The first-order valence-electron chi connectivity index (χ1n) is 14.4. The van der Waals surface area contributed by atoms with E-state index in [9.17, 15) is 19.5 Å². The number of aryl methyl sites for hydroxylation is 1. The van der Waals surface area contributed by atoms with E-state index in [4.69, 9.17) is 11.6 Å². The number of nitrogens with zero attached hydrogens (tertiary/aromatic N) is 4. The van der Waals surface area contributed by atoms with Crippen molar-refractivity contribution in [2.45, 2.75) is 41.3 Å². The number of rotatable bonds is 10. The third-order valence-corrected chi connectivity index (χ3v) is 10.0. The number of fused-ring (bicyclic) bond motifs is 1. The topological polar surface area (TPSA) is 105 Å². The fraction of sp³-hybridized carbons (Fsp3) is 0.206. The molecule has 4 aromatic carbocycles. The molecular weight excluding hydrogens is 628 g/mol. The number of benzene rings is 4. The lowest BCUT2D eigenvalue weighted by Crippen LogP contribution is -2.45. The van der Waals surface area contributed by atoms with Crippen LogP contribution in [0.1, 0.15) is 23.7 Å². The number of halogens is 1. The van der Waals surface area contributed by atoms with Gasteiger partial charge in [0.15, 0.2) is 0 Å². The normalized spacial score (nSPS) is 16.2. The Balaban J connectivity index is 1.27. The quantitative estimate of drug-likeness (QED) is 0.178. The van der Waals surface area contributed by atoms with Crippen molar-refractivity contribution in [1.82, 2.24) is 19.9 Å². The number of aromatic nitrogens is 3. The van der Waals surface area contributed by atoms with Gasteiger partial charge in [-0.25, -0.2) is 4.68 Å². The lowest BCUT2D eigenvalue weighted by atomic mass is 9.90. The van der Waals surface area contributed by atoms with E-state index in [1.54, 1.807) is 48.2 Å². The minimum atomic E-state index is -1.23. The Bertz CT molecular complexity index is 1870. The van der Waals surface area contributed by atoms with Crippen molar-refractivity contribution in [1.29, 1.82) is 0 Å². The van der Waals surface area contributed by atoms with Gasteiger partial charge >= 0.3 is 0 Å². The van der Waals surface area contributed by atoms with Gasteiger partial charge in [-0.1, -0.05) is 94.9 Å². The van der Waals surface area contributed by atoms with Crippen LogP contribution in [0.2, 0.25) is 5.02 Å². The lowest BCUT2D eigenvalue weighted by Gasteiger charge is -2.29. The molecule has 1 aromatic heterocycles. The summed E-state index contributed by atoms with van der Waals surface area (Å²) in [5, 5.41) is 20.7. The van der Waals surface area contributed by atoms with Crippen molar-refractivity contribution in [2.24, 2.45) is 5.92 Å². The van der Waals surface area contributed by atoms with Crippen LogP contribution in [0.4, 0.5) is 4.79 Å². The molecule has 1 saturated heterocycles. The van der Waals surface area contributed by atoms with Crippen molar-refractivity contribution in [3.05, 3.63) is 130 Å². The van der Waals surface area contributed by atoms with E-state index in [0.29, 0.717) is 33.7 Å². The molecule has 11 heteroatoms. The van der Waals surface area contributed by atoms with Gasteiger partial charge in [-0.05, 0) is 72.5 Å². The van der Waals surface area contributed by atoms with Gasteiger partial charge in [0.2, 0.25) is 5.91 Å². The zero-order valence-corrected chi connectivity index (χ0v) is 26.4. The average Bonchev–Trinajstić information content (AvgIpc) is 3.43. The zero-order valence-electron chi connectivity index (χ0n) is 24.0. The molecule has 0 saturated carbocycles. The molecule has 1 aliphatic heterocycles. The third kappa shape index (κ3) is 7.15. The smallest absolute Gasteiger partial charge is 0.288 e. The average molecular weight is 657 g/mol. The molecule has 1 unspecified atom stereocenters. The van der Waals surface area contributed by atoms with Gasteiger partial charge in [-0.3, -0.25) is 19.3 Å². The summed E-state index contributed by atoms with van der Waals surface area (Å²) in [5.74, 6) is -1.02. The summed E-state index contributed by atoms with van der Waals surface area (Å²) in [7, 11) is 0. The molecule has 3 atom stereocenters. The van der Waals surface area contributed by atoms with Gasteiger partial charge in [0, 0.05) is 27.1 Å². The van der Waals surface area contributed by atoms with Crippen LogP contribution in [-0.4, -0.2) is 47.9 Å². The highest BCUT2D eigenvalue weighted by molar-refractivity contribution is 8.14. The number of hydrogen-bond donors (Lipinski definition) is 1. The minimum absolute atomic E-state index is 0.0349. The standard InChI is InChI=1S/C34H29ClN4O4S2/c35-24-12-16-27(17-13-24)45-26-14-10-23(11-15-26)31(40)29(18-19-38-32(41)28-8-4-5-9-30(28)36-37-38)33(42)39-25(21-44-34(39)43)20-22-6-2-1-3-7-22/h1-17,25,29,31,40H,18-21H2/t25-,29-,31?/m0/s1. The molecule has 1 aliphatic rings. The van der Waals surface area contributed by atoms with Crippen LogP contribution < -0.4 is 5.56 Å². The maximum atomic E-state index is 14.2. The SMILES string of the molecule is O=C1SC[C@H](Cc2ccccc2)N1C(=O)[C@@H](CCn1nnc2ccccc2c1=O)C(O)c1ccc(Sc2ccc(Cl)cc2)cc1. The predicted molar refractivity (Wildman–Crippen MR) is 178 cm³/mol. The maximum absolute atomic E-state index is 14.2. The van der Waals surface area contributed by atoms with E-state index in [2.05, 4.69) is 10.3 Å². The highest BCUT2D eigenvalue weighted by Crippen LogP contribution is 2.35. The van der Waals surface area contributed by atoms with Crippen molar-refractivity contribution in [3.63, 3.8) is 0 Å². The monoisotopic (exact) mass is 656 g/mol. The van der Waals surface area contributed by atoms with Crippen LogP contribution in [0.15, 0.2) is 118 Å². The second-order valence-corrected chi connectivity index (χ2v) is 13.3. The van der Waals surface area contributed by atoms with Crippen molar-refractivity contribution in [2.75, 3.05) is 5.75 Å². The largest absolute Gasteiger partial charge is 0.388 e. The van der Waals surface area contributed by atoms with Crippen molar-refractivity contribution < 1.29 is 14.7 Å². The van der Waals surface area contributed by atoms with Gasteiger partial charge in [-0.15, -0.1) is 5.10 Å². The molecule has 45 heavy (non-hydrogen) atoms. The van der Waals surface area contributed by atoms with Crippen LogP contribution in [0.5, 0.6) is 0 Å². The minimum Gasteiger partial charge on any atom is -0.388 e. The van der Waals surface area contributed by atoms with E-state index in [1.165, 1.54) is 9.58 Å². The first-order valence-corrected chi connectivity index (χ1v) is 16.6. The van der Waals surface area contributed by atoms with E-state index >= 15 is 0 Å². The van der Waals surface area contributed by atoms with Crippen LogP contribution in [0, 0.1) is 5.92 Å². The van der Waals surface area contributed by atoms with Crippen molar-refractivity contribution in [3.8, 4) is 0 Å². The van der Waals surface area contributed by atoms with Crippen LogP contribution in [-0.2, 0) is 17.8 Å². The Morgan fingerprint density at radius 2 is 1.60 bits per heavy atom. The first-order chi connectivity index (χ1) is 21.9. The summed E-state index contributed by atoms with van der Waals surface area (Å²) in [6, 6.07) is 31.1. The Kier molecular flexibility index (Phi) is 9.65. The predicted octanol–water partition coefficient (Wildman–Crippen LogP) is 6.64. The number of thioether (sulfide) groups is 1. The molecule has 1 N–H and O–H groups in total. The second-order valence-electron chi connectivity index (χ2n) is 10.7. The number of aliphatic hydroxyl groups excluding tert-OH is 1. The maximum Gasteiger partial charge on any atom is 0.288 e. The molecule has 8 nitrogen and oxygen atoms in total. The summed E-state index contributed by atoms with van der Waals surface area (Å²) >= 11 is 8.66. The van der Waals surface area contributed by atoms with E-state index in [0.717, 1.165) is 27.1 Å². The zero-order chi connectivity index (χ0) is 31.3. The molecule has 2 amide bonds. The Morgan fingerprint density at radius 1 is 0.933 bits per heavy atom. The fourth-order valence-electron chi connectivity index (χ4n) is 5.40. The molecule has 0 spiro atoms. The number of hydrogen-bond acceptors (Lipinski definition) is 8. The highest BCUT2D eigenvalue weighted by atomic mass is 35.5. The molecule has 0 radical (unpaired) electrons. The highest BCUT2D eigenvalue weighted by Gasteiger charge is 2.42. The van der Waals surface area contributed by atoms with E-state index < -0.39 is 17.9 Å². The Morgan fingerprint density at radius 3 is 2.33 bits per heavy atom. The van der Waals surface area contributed by atoms with Gasteiger partial charge in [-0.2, -0.15) is 0 Å². The van der Waals surface area contributed by atoms with Crippen molar-refractivity contribution >= 4 is 57.2 Å². The van der Waals surface area contributed by atoms with E-state index in [1.807, 2.05) is 66.7 Å². The number of imide groups is 1. The van der Waals surface area contributed by atoms with Crippen LogP contribution >= 0.6 is 35.1 Å². The lowest BCUT2D eigenvalue weighted by molar-refractivity contribution is -0.137. The molecular formula is C34H29ClN4O4S2.